The summed E-state index contributed by atoms with van der Waals surface area (Å²) in [5.74, 6) is 0.337. The van der Waals surface area contributed by atoms with Gasteiger partial charge in [0.25, 0.3) is 5.91 Å². The molecule has 2 heterocycles. The van der Waals surface area contributed by atoms with Crippen molar-refractivity contribution in [1.82, 2.24) is 10.3 Å². The van der Waals surface area contributed by atoms with E-state index in [-0.39, 0.29) is 29.5 Å². The molecule has 1 saturated heterocycles. The minimum atomic E-state index is -2.95. The minimum Gasteiger partial charge on any atom is -0.367 e. The first kappa shape index (κ1) is 19.1. The molecule has 1 unspecified atom stereocenters. The van der Waals surface area contributed by atoms with Crippen LogP contribution in [0.4, 0.5) is 5.69 Å². The molecule has 7 heteroatoms. The first-order valence-electron chi connectivity index (χ1n) is 9.71. The van der Waals surface area contributed by atoms with E-state index in [4.69, 9.17) is 0 Å². The molecule has 0 spiro atoms. The smallest absolute Gasteiger partial charge is 0.253 e. The fourth-order valence-electron chi connectivity index (χ4n) is 4.07. The molecule has 2 aliphatic rings. The van der Waals surface area contributed by atoms with Crippen LogP contribution in [0.3, 0.4) is 0 Å². The van der Waals surface area contributed by atoms with Crippen molar-refractivity contribution in [2.75, 3.05) is 23.0 Å². The van der Waals surface area contributed by atoms with E-state index >= 15 is 0 Å². The number of pyridine rings is 1. The van der Waals surface area contributed by atoms with Crippen LogP contribution < -0.4 is 10.2 Å². The molecule has 1 N–H and O–H groups in total. The number of hydrogen-bond donors (Lipinski definition) is 1. The lowest BCUT2D eigenvalue weighted by Gasteiger charge is -2.29. The van der Waals surface area contributed by atoms with Gasteiger partial charge in [0.05, 0.1) is 29.0 Å². The van der Waals surface area contributed by atoms with E-state index in [9.17, 15) is 13.2 Å². The maximum absolute atomic E-state index is 12.6. The van der Waals surface area contributed by atoms with Crippen molar-refractivity contribution in [3.63, 3.8) is 0 Å². The molecule has 144 valence electrons. The number of hydrogen-bond acceptors (Lipinski definition) is 5. The average molecular weight is 380 g/mol. The van der Waals surface area contributed by atoms with Gasteiger partial charge in [-0.15, -0.1) is 0 Å². The van der Waals surface area contributed by atoms with Gasteiger partial charge in [-0.3, -0.25) is 9.78 Å². The number of sulfone groups is 1. The van der Waals surface area contributed by atoms with Crippen molar-refractivity contribution in [2.45, 2.75) is 64.0 Å². The van der Waals surface area contributed by atoms with E-state index in [1.807, 2.05) is 13.0 Å². The summed E-state index contributed by atoms with van der Waals surface area (Å²) in [4.78, 5) is 18.9. The topological polar surface area (TPSA) is 79.4 Å². The van der Waals surface area contributed by atoms with Crippen LogP contribution in [0.15, 0.2) is 18.5 Å². The van der Waals surface area contributed by atoms with E-state index < -0.39 is 9.84 Å². The van der Waals surface area contributed by atoms with Crippen LogP contribution in [0.2, 0.25) is 0 Å². The summed E-state index contributed by atoms with van der Waals surface area (Å²) in [7, 11) is -2.95. The standard InChI is InChI=1S/C19H29N3O3S/c1-2-22(17-9-10-26(24,25)14-17)18-11-15(12-20-13-18)19(23)21-16-7-5-3-4-6-8-16/h11-13,16-17H,2-10,14H2,1H3,(H,21,23). The molecule has 1 aromatic rings. The van der Waals surface area contributed by atoms with Crippen LogP contribution in [0.1, 0.15) is 62.2 Å². The van der Waals surface area contributed by atoms with E-state index in [0.717, 1.165) is 18.5 Å². The monoisotopic (exact) mass is 379 g/mol. The minimum absolute atomic E-state index is 0.0352. The summed E-state index contributed by atoms with van der Waals surface area (Å²) in [5.41, 5.74) is 1.37. The normalized spacial score (nSPS) is 23.3. The van der Waals surface area contributed by atoms with Gasteiger partial charge in [0.1, 0.15) is 0 Å². The van der Waals surface area contributed by atoms with E-state index in [2.05, 4.69) is 15.2 Å². The fourth-order valence-corrected chi connectivity index (χ4v) is 5.80. The van der Waals surface area contributed by atoms with Gasteiger partial charge >= 0.3 is 0 Å². The number of nitrogens with one attached hydrogen (secondary N) is 1. The molecule has 6 nitrogen and oxygen atoms in total. The Balaban J connectivity index is 1.71. The Morgan fingerprint density at radius 1 is 1.19 bits per heavy atom. The number of amides is 1. The summed E-state index contributed by atoms with van der Waals surface area (Å²) >= 11 is 0. The highest BCUT2D eigenvalue weighted by Gasteiger charge is 2.32. The number of carbonyl (C=O) groups is 1. The lowest BCUT2D eigenvalue weighted by Crippen LogP contribution is -2.37. The van der Waals surface area contributed by atoms with E-state index in [1.54, 1.807) is 12.4 Å². The van der Waals surface area contributed by atoms with E-state index in [1.165, 1.54) is 25.7 Å². The van der Waals surface area contributed by atoms with Gasteiger partial charge < -0.3 is 10.2 Å². The Morgan fingerprint density at radius 3 is 2.54 bits per heavy atom. The van der Waals surface area contributed by atoms with Crippen LogP contribution >= 0.6 is 0 Å². The molecule has 1 aliphatic carbocycles. The van der Waals surface area contributed by atoms with Crippen LogP contribution in [0, 0.1) is 0 Å². The van der Waals surface area contributed by atoms with Crippen LogP contribution in [0.25, 0.3) is 0 Å². The molecule has 1 atom stereocenters. The predicted molar refractivity (Wildman–Crippen MR) is 103 cm³/mol. The third-order valence-corrected chi connectivity index (χ3v) is 7.25. The molecule has 26 heavy (non-hydrogen) atoms. The van der Waals surface area contributed by atoms with E-state index in [0.29, 0.717) is 18.5 Å². The first-order valence-corrected chi connectivity index (χ1v) is 11.5. The zero-order valence-electron chi connectivity index (χ0n) is 15.5. The predicted octanol–water partition coefficient (Wildman–Crippen LogP) is 2.55. The van der Waals surface area contributed by atoms with Gasteiger partial charge in [0.2, 0.25) is 0 Å². The molecule has 1 saturated carbocycles. The zero-order valence-corrected chi connectivity index (χ0v) is 16.3. The summed E-state index contributed by atoms with van der Waals surface area (Å²) in [5, 5.41) is 3.15. The van der Waals surface area contributed by atoms with Crippen molar-refractivity contribution in [1.29, 1.82) is 0 Å². The summed E-state index contributed by atoms with van der Waals surface area (Å²) in [6.07, 6.45) is 10.9. The Morgan fingerprint density at radius 2 is 1.92 bits per heavy atom. The van der Waals surface area contributed by atoms with Crippen molar-refractivity contribution in [3.8, 4) is 0 Å². The molecule has 3 rings (SSSR count). The van der Waals surface area contributed by atoms with Gasteiger partial charge in [-0.2, -0.15) is 0 Å². The number of aromatic nitrogens is 1. The van der Waals surface area contributed by atoms with Crippen molar-refractivity contribution >= 4 is 21.4 Å². The molecular weight excluding hydrogens is 350 g/mol. The molecule has 0 radical (unpaired) electrons. The maximum Gasteiger partial charge on any atom is 0.253 e. The Bertz CT molecular complexity index is 727. The van der Waals surface area contributed by atoms with Gasteiger partial charge in [-0.05, 0) is 32.3 Å². The van der Waals surface area contributed by atoms with Gasteiger partial charge in [-0.1, -0.05) is 25.7 Å². The second-order valence-corrected chi connectivity index (χ2v) is 9.67. The lowest BCUT2D eigenvalue weighted by molar-refractivity contribution is 0.0933. The second-order valence-electron chi connectivity index (χ2n) is 7.44. The number of carbonyl (C=O) groups excluding carboxylic acids is 1. The zero-order chi connectivity index (χ0) is 18.6. The SMILES string of the molecule is CCN(c1cncc(C(=O)NC2CCCCCC2)c1)C1CCS(=O)(=O)C1. The number of nitrogens with zero attached hydrogens (tertiary/aromatic N) is 2. The third kappa shape index (κ3) is 4.75. The van der Waals surface area contributed by atoms with Crippen LogP contribution in [0.5, 0.6) is 0 Å². The summed E-state index contributed by atoms with van der Waals surface area (Å²) in [6.45, 7) is 2.69. The average Bonchev–Trinajstić information content (AvgIpc) is 2.82. The molecular formula is C19H29N3O3S. The molecule has 2 fully saturated rings. The Hall–Kier alpha value is -1.63. The number of anilines is 1. The molecule has 1 aromatic heterocycles. The lowest BCUT2D eigenvalue weighted by atomic mass is 10.1. The summed E-state index contributed by atoms with van der Waals surface area (Å²) < 4.78 is 23.6. The first-order chi connectivity index (χ1) is 12.5. The van der Waals surface area contributed by atoms with Crippen LogP contribution in [-0.4, -0.2) is 49.4 Å². The molecule has 0 aromatic carbocycles. The van der Waals surface area contributed by atoms with Crippen molar-refractivity contribution < 1.29 is 13.2 Å². The maximum atomic E-state index is 12.6. The fraction of sp³-hybridized carbons (Fsp3) is 0.684. The van der Waals surface area contributed by atoms with Gasteiger partial charge in [-0.25, -0.2) is 8.42 Å². The molecule has 1 amide bonds. The van der Waals surface area contributed by atoms with Crippen molar-refractivity contribution in [3.05, 3.63) is 24.0 Å². The second kappa shape index (κ2) is 8.37. The van der Waals surface area contributed by atoms with Crippen molar-refractivity contribution in [2.24, 2.45) is 0 Å². The highest BCUT2D eigenvalue weighted by molar-refractivity contribution is 7.91. The Kier molecular flexibility index (Phi) is 6.16. The quantitative estimate of drug-likeness (QED) is 0.796. The third-order valence-electron chi connectivity index (χ3n) is 5.50. The van der Waals surface area contributed by atoms with Gasteiger partial charge in [0.15, 0.2) is 9.84 Å². The number of rotatable bonds is 5. The largest absolute Gasteiger partial charge is 0.367 e. The molecule has 1 aliphatic heterocycles. The van der Waals surface area contributed by atoms with Crippen LogP contribution in [-0.2, 0) is 9.84 Å². The Labute approximate surface area is 156 Å². The van der Waals surface area contributed by atoms with Gasteiger partial charge in [0, 0.05) is 24.8 Å². The highest BCUT2D eigenvalue weighted by atomic mass is 32.2. The summed E-state index contributed by atoms with van der Waals surface area (Å²) in [6, 6.07) is 2.05. The molecule has 0 bridgehead atoms. The highest BCUT2D eigenvalue weighted by Crippen LogP contribution is 2.24.